The van der Waals surface area contributed by atoms with Gasteiger partial charge in [0.25, 0.3) is 5.91 Å². The molecule has 0 spiro atoms. The van der Waals surface area contributed by atoms with Gasteiger partial charge in [0.15, 0.2) is 4.32 Å². The maximum atomic E-state index is 12.9. The van der Waals surface area contributed by atoms with Crippen LogP contribution in [0.15, 0.2) is 51.8 Å². The van der Waals surface area contributed by atoms with Gasteiger partial charge in [-0.15, -0.1) is 0 Å². The Morgan fingerprint density at radius 2 is 1.79 bits per heavy atom. The lowest BCUT2D eigenvalue weighted by Crippen LogP contribution is -2.39. The molecule has 8 heteroatoms. The molecule has 142 valence electrons. The summed E-state index contributed by atoms with van der Waals surface area (Å²) in [6.45, 7) is 3.87. The fraction of sp³-hybridized carbons (Fsp3) is 0.100. The number of rotatable bonds is 3. The monoisotopic (exact) mass is 448 g/mol. The number of carbonyl (C=O) groups is 1. The van der Waals surface area contributed by atoms with Crippen LogP contribution in [-0.2, 0) is 4.79 Å². The molecular formula is C20H14Cl2N2O2S2. The van der Waals surface area contributed by atoms with Gasteiger partial charge in [-0.1, -0.05) is 35.0 Å². The quantitative estimate of drug-likeness (QED) is 0.352. The van der Waals surface area contributed by atoms with Gasteiger partial charge in [0.2, 0.25) is 0 Å². The van der Waals surface area contributed by atoms with Crippen molar-refractivity contribution < 1.29 is 9.21 Å². The van der Waals surface area contributed by atoms with Gasteiger partial charge < -0.3 is 4.42 Å². The summed E-state index contributed by atoms with van der Waals surface area (Å²) in [5, 5.41) is 2.61. The second-order valence-corrected chi connectivity index (χ2v) is 8.77. The molecule has 0 bridgehead atoms. The van der Waals surface area contributed by atoms with Crippen molar-refractivity contribution >= 4 is 63.5 Å². The van der Waals surface area contributed by atoms with Gasteiger partial charge >= 0.3 is 0 Å². The number of hydrogen-bond donors (Lipinski definition) is 0. The van der Waals surface area contributed by atoms with E-state index in [2.05, 4.69) is 0 Å². The molecule has 0 unspecified atom stereocenters. The van der Waals surface area contributed by atoms with Crippen LogP contribution in [0.1, 0.15) is 17.1 Å². The standard InChI is InChI=1S/C20H14Cl2N2O2S2/c1-11-3-4-12(2)23(11)24-19(25)18(28-20(24)27)10-14-6-8-17(26-14)15-9-13(21)5-7-16(15)22/h3-10H,1-2H3/b18-10+. The molecule has 3 heterocycles. The van der Waals surface area contributed by atoms with Gasteiger partial charge in [-0.2, -0.15) is 5.01 Å². The summed E-state index contributed by atoms with van der Waals surface area (Å²) >= 11 is 19.0. The van der Waals surface area contributed by atoms with E-state index in [-0.39, 0.29) is 5.91 Å². The predicted octanol–water partition coefficient (Wildman–Crippen LogP) is 6.21. The number of aryl methyl sites for hydroxylation is 2. The zero-order valence-electron chi connectivity index (χ0n) is 14.9. The number of hydrogen-bond acceptors (Lipinski definition) is 4. The van der Waals surface area contributed by atoms with Crippen LogP contribution in [0.25, 0.3) is 17.4 Å². The second kappa shape index (κ2) is 7.44. The Morgan fingerprint density at radius 1 is 1.07 bits per heavy atom. The number of halogens is 2. The third-order valence-corrected chi connectivity index (χ3v) is 6.15. The molecule has 4 nitrogen and oxygen atoms in total. The van der Waals surface area contributed by atoms with Crippen molar-refractivity contribution in [1.29, 1.82) is 0 Å². The maximum absolute atomic E-state index is 12.9. The zero-order valence-corrected chi connectivity index (χ0v) is 18.0. The van der Waals surface area contributed by atoms with E-state index in [0.29, 0.717) is 36.4 Å². The van der Waals surface area contributed by atoms with Gasteiger partial charge in [-0.05, 0) is 68.5 Å². The van der Waals surface area contributed by atoms with Gasteiger partial charge in [0.05, 0.1) is 9.93 Å². The average Bonchev–Trinajstić information content (AvgIpc) is 3.31. The Kier molecular flexibility index (Phi) is 5.14. The molecule has 3 aromatic rings. The van der Waals surface area contributed by atoms with E-state index in [1.165, 1.54) is 16.8 Å². The van der Waals surface area contributed by atoms with Crippen LogP contribution in [-0.4, -0.2) is 14.9 Å². The predicted molar refractivity (Wildman–Crippen MR) is 119 cm³/mol. The molecular weight excluding hydrogens is 435 g/mol. The van der Waals surface area contributed by atoms with E-state index in [1.807, 2.05) is 30.7 Å². The molecule has 1 aromatic carbocycles. The Morgan fingerprint density at radius 3 is 2.50 bits per heavy atom. The number of thiocarbonyl (C=S) groups is 1. The molecule has 0 N–H and O–H groups in total. The number of carbonyl (C=O) groups excluding carboxylic acids is 1. The van der Waals surface area contributed by atoms with Gasteiger partial charge in [-0.3, -0.25) is 9.47 Å². The summed E-state index contributed by atoms with van der Waals surface area (Å²) in [7, 11) is 0. The molecule has 4 rings (SSSR count). The highest BCUT2D eigenvalue weighted by Crippen LogP contribution is 2.35. The SMILES string of the molecule is Cc1ccc(C)n1N1C(=O)/C(=C\c2ccc(-c3cc(Cl)ccc3Cl)o2)SC1=S. The van der Waals surface area contributed by atoms with Crippen molar-refractivity contribution in [1.82, 2.24) is 4.68 Å². The highest BCUT2D eigenvalue weighted by Gasteiger charge is 2.35. The number of nitrogens with zero attached hydrogens (tertiary/aromatic N) is 2. The van der Waals surface area contributed by atoms with E-state index in [9.17, 15) is 4.79 Å². The first kappa shape index (κ1) is 19.3. The highest BCUT2D eigenvalue weighted by molar-refractivity contribution is 8.27. The smallest absolute Gasteiger partial charge is 0.285 e. The first-order chi connectivity index (χ1) is 13.3. The van der Waals surface area contributed by atoms with Crippen LogP contribution < -0.4 is 5.01 Å². The second-order valence-electron chi connectivity index (χ2n) is 6.25. The molecule has 1 saturated heterocycles. The van der Waals surface area contributed by atoms with Gasteiger partial charge in [0, 0.05) is 28.0 Å². The van der Waals surface area contributed by atoms with Crippen molar-refractivity contribution in [2.24, 2.45) is 0 Å². The summed E-state index contributed by atoms with van der Waals surface area (Å²) in [5.74, 6) is 0.926. The summed E-state index contributed by atoms with van der Waals surface area (Å²) in [6.07, 6.45) is 1.69. The summed E-state index contributed by atoms with van der Waals surface area (Å²) in [4.78, 5) is 13.4. The molecule has 1 aliphatic heterocycles. The highest BCUT2D eigenvalue weighted by atomic mass is 35.5. The molecule has 28 heavy (non-hydrogen) atoms. The molecule has 0 radical (unpaired) electrons. The molecule has 1 amide bonds. The third-order valence-electron chi connectivity index (χ3n) is 4.30. The molecule has 0 atom stereocenters. The largest absolute Gasteiger partial charge is 0.457 e. The number of amides is 1. The van der Waals surface area contributed by atoms with Crippen molar-refractivity contribution in [3.05, 3.63) is 74.6 Å². The van der Waals surface area contributed by atoms with Crippen molar-refractivity contribution in [3.63, 3.8) is 0 Å². The van der Waals surface area contributed by atoms with E-state index < -0.39 is 0 Å². The minimum absolute atomic E-state index is 0.184. The van der Waals surface area contributed by atoms with Gasteiger partial charge in [-0.25, -0.2) is 0 Å². The Hall–Kier alpha value is -1.99. The zero-order chi connectivity index (χ0) is 20.0. The van der Waals surface area contributed by atoms with Crippen LogP contribution in [0.3, 0.4) is 0 Å². The Bertz CT molecular complexity index is 1130. The molecule has 0 aliphatic carbocycles. The van der Waals surface area contributed by atoms with Crippen molar-refractivity contribution in [3.8, 4) is 11.3 Å². The van der Waals surface area contributed by atoms with Gasteiger partial charge in [0.1, 0.15) is 11.5 Å². The van der Waals surface area contributed by atoms with Crippen LogP contribution in [0.2, 0.25) is 10.0 Å². The fourth-order valence-electron chi connectivity index (χ4n) is 3.00. The Balaban J connectivity index is 1.66. The van der Waals surface area contributed by atoms with E-state index in [4.69, 9.17) is 39.8 Å². The van der Waals surface area contributed by atoms with Crippen LogP contribution in [0.4, 0.5) is 0 Å². The number of aromatic nitrogens is 1. The molecule has 2 aromatic heterocycles. The Labute approximate surface area is 181 Å². The number of furan rings is 1. The van der Waals surface area contributed by atoms with Crippen LogP contribution in [0, 0.1) is 13.8 Å². The normalized spacial score (nSPS) is 15.9. The van der Waals surface area contributed by atoms with E-state index in [0.717, 1.165) is 11.4 Å². The summed E-state index contributed by atoms with van der Waals surface area (Å²) < 4.78 is 8.16. The number of benzene rings is 1. The molecule has 1 aliphatic rings. The lowest BCUT2D eigenvalue weighted by Gasteiger charge is -2.20. The lowest BCUT2D eigenvalue weighted by molar-refractivity contribution is -0.114. The first-order valence-electron chi connectivity index (χ1n) is 8.33. The minimum Gasteiger partial charge on any atom is -0.457 e. The molecule has 0 saturated carbocycles. The maximum Gasteiger partial charge on any atom is 0.285 e. The van der Waals surface area contributed by atoms with Crippen LogP contribution in [0.5, 0.6) is 0 Å². The van der Waals surface area contributed by atoms with Crippen molar-refractivity contribution in [2.75, 3.05) is 5.01 Å². The fourth-order valence-corrected chi connectivity index (χ4v) is 4.60. The van der Waals surface area contributed by atoms with Crippen LogP contribution >= 0.6 is 47.2 Å². The average molecular weight is 449 g/mol. The molecule has 1 fully saturated rings. The lowest BCUT2D eigenvalue weighted by atomic mass is 10.2. The number of thioether (sulfide) groups is 1. The topological polar surface area (TPSA) is 38.4 Å². The first-order valence-corrected chi connectivity index (χ1v) is 10.3. The summed E-state index contributed by atoms with van der Waals surface area (Å²) in [5.41, 5.74) is 2.57. The third kappa shape index (κ3) is 3.42. The van der Waals surface area contributed by atoms with E-state index in [1.54, 1.807) is 36.4 Å². The van der Waals surface area contributed by atoms with E-state index >= 15 is 0 Å². The van der Waals surface area contributed by atoms with Crippen molar-refractivity contribution in [2.45, 2.75) is 13.8 Å². The minimum atomic E-state index is -0.184. The summed E-state index contributed by atoms with van der Waals surface area (Å²) in [6, 6.07) is 12.7.